The molecular formula is C18H17FN6OS. The van der Waals surface area contributed by atoms with Gasteiger partial charge < -0.3 is 9.64 Å². The van der Waals surface area contributed by atoms with Crippen molar-refractivity contribution >= 4 is 21.4 Å². The third-order valence-corrected chi connectivity index (χ3v) is 5.52. The first kappa shape index (κ1) is 16.4. The zero-order chi connectivity index (χ0) is 18.2. The van der Waals surface area contributed by atoms with Crippen molar-refractivity contribution in [3.8, 4) is 11.3 Å². The fraction of sp³-hybridized carbons (Fsp3) is 0.278. The van der Waals surface area contributed by atoms with Crippen molar-refractivity contribution in [3.63, 3.8) is 0 Å². The van der Waals surface area contributed by atoms with E-state index in [1.165, 1.54) is 12.1 Å². The minimum atomic E-state index is -0.253. The number of halogens is 1. The zero-order valence-corrected chi connectivity index (χ0v) is 15.2. The van der Waals surface area contributed by atoms with Crippen LogP contribution >= 0.6 is 11.3 Å². The van der Waals surface area contributed by atoms with Crippen molar-refractivity contribution in [2.24, 2.45) is 0 Å². The number of hydrogen-bond acceptors (Lipinski definition) is 6. The Bertz CT molecular complexity index is 1010. The number of hydrogen-bond donors (Lipinski definition) is 0. The predicted octanol–water partition coefficient (Wildman–Crippen LogP) is 2.70. The molecule has 0 N–H and O–H groups in total. The van der Waals surface area contributed by atoms with Gasteiger partial charge in [-0.05, 0) is 30.3 Å². The van der Waals surface area contributed by atoms with Gasteiger partial charge in [0.2, 0.25) is 10.1 Å². The molecule has 4 aromatic rings. The fourth-order valence-electron chi connectivity index (χ4n) is 3.20. The van der Waals surface area contributed by atoms with E-state index in [9.17, 15) is 4.39 Å². The molecular weight excluding hydrogens is 367 g/mol. The lowest BCUT2D eigenvalue weighted by Gasteiger charge is -2.32. The predicted molar refractivity (Wildman–Crippen MR) is 100 cm³/mol. The van der Waals surface area contributed by atoms with Crippen LogP contribution in [0.5, 0.6) is 0 Å². The summed E-state index contributed by atoms with van der Waals surface area (Å²) in [7, 11) is 0. The van der Waals surface area contributed by atoms with Gasteiger partial charge in [0.25, 0.3) is 0 Å². The van der Waals surface area contributed by atoms with Crippen LogP contribution in [-0.2, 0) is 11.3 Å². The molecule has 27 heavy (non-hydrogen) atoms. The van der Waals surface area contributed by atoms with E-state index in [0.717, 1.165) is 41.0 Å². The van der Waals surface area contributed by atoms with Gasteiger partial charge in [0.15, 0.2) is 0 Å². The maximum Gasteiger partial charge on any atom is 0.214 e. The first-order valence-electron chi connectivity index (χ1n) is 8.71. The van der Waals surface area contributed by atoms with Gasteiger partial charge in [-0.3, -0.25) is 4.68 Å². The van der Waals surface area contributed by atoms with Gasteiger partial charge in [0.1, 0.15) is 5.82 Å². The average molecular weight is 384 g/mol. The van der Waals surface area contributed by atoms with Crippen LogP contribution in [0.2, 0.25) is 0 Å². The van der Waals surface area contributed by atoms with Crippen molar-refractivity contribution in [1.82, 2.24) is 24.4 Å². The Morgan fingerprint density at radius 2 is 2.15 bits per heavy atom. The molecule has 0 bridgehead atoms. The summed E-state index contributed by atoms with van der Waals surface area (Å²) >= 11 is 1.55. The van der Waals surface area contributed by atoms with Gasteiger partial charge >= 0.3 is 0 Å². The van der Waals surface area contributed by atoms with E-state index in [1.54, 1.807) is 34.2 Å². The van der Waals surface area contributed by atoms with E-state index in [2.05, 4.69) is 20.1 Å². The molecule has 0 saturated carbocycles. The lowest BCUT2D eigenvalue weighted by molar-refractivity contribution is 0.0274. The topological polar surface area (TPSA) is 60.5 Å². The number of anilines is 1. The Morgan fingerprint density at radius 3 is 2.93 bits per heavy atom. The van der Waals surface area contributed by atoms with Gasteiger partial charge in [-0.2, -0.15) is 5.10 Å². The summed E-state index contributed by atoms with van der Waals surface area (Å²) in [4.78, 5) is 7.68. The van der Waals surface area contributed by atoms with Gasteiger partial charge in [0.05, 0.1) is 31.1 Å². The SMILES string of the molecule is Fc1ccc(-c2cn3nc(N4CCOC(Cn5cccn5)C4)sc3n2)cc1. The standard InChI is InChI=1S/C18H17FN6OS/c19-14-4-2-13(3-5-14)16-12-25-17(21-16)27-18(22-25)23-8-9-26-15(10-23)11-24-7-1-6-20-24/h1-7,12,15H,8-11H2. The molecule has 5 rings (SSSR count). The smallest absolute Gasteiger partial charge is 0.214 e. The fourth-order valence-corrected chi connectivity index (χ4v) is 4.12. The molecule has 1 fully saturated rings. The molecule has 7 nitrogen and oxygen atoms in total. The summed E-state index contributed by atoms with van der Waals surface area (Å²) in [5.74, 6) is -0.253. The van der Waals surface area contributed by atoms with Crippen LogP contribution in [0.4, 0.5) is 9.52 Å². The number of benzene rings is 1. The number of aromatic nitrogens is 5. The minimum Gasteiger partial charge on any atom is -0.373 e. The Hall–Kier alpha value is -2.78. The number of nitrogens with zero attached hydrogens (tertiary/aromatic N) is 6. The number of fused-ring (bicyclic) bond motifs is 1. The number of ether oxygens (including phenoxy) is 1. The van der Waals surface area contributed by atoms with Crippen molar-refractivity contribution in [3.05, 3.63) is 54.7 Å². The van der Waals surface area contributed by atoms with Crippen LogP contribution in [0.3, 0.4) is 0 Å². The summed E-state index contributed by atoms with van der Waals surface area (Å²) in [5, 5.41) is 9.85. The molecule has 3 aromatic heterocycles. The Kier molecular flexibility index (Phi) is 4.10. The number of morpholine rings is 1. The lowest BCUT2D eigenvalue weighted by atomic mass is 10.2. The largest absolute Gasteiger partial charge is 0.373 e. The summed E-state index contributed by atoms with van der Waals surface area (Å²) < 4.78 is 22.6. The van der Waals surface area contributed by atoms with Crippen molar-refractivity contribution in [2.45, 2.75) is 12.6 Å². The zero-order valence-electron chi connectivity index (χ0n) is 14.4. The average Bonchev–Trinajstić information content (AvgIpc) is 3.39. The minimum absolute atomic E-state index is 0.0737. The molecule has 138 valence electrons. The maximum absolute atomic E-state index is 13.1. The van der Waals surface area contributed by atoms with Crippen LogP contribution in [0, 0.1) is 5.82 Å². The van der Waals surface area contributed by atoms with E-state index in [1.807, 2.05) is 23.1 Å². The number of rotatable bonds is 4. The second kappa shape index (κ2) is 6.75. The maximum atomic E-state index is 13.1. The molecule has 0 aliphatic carbocycles. The third kappa shape index (κ3) is 3.31. The summed E-state index contributed by atoms with van der Waals surface area (Å²) in [6, 6.07) is 8.24. The van der Waals surface area contributed by atoms with E-state index in [4.69, 9.17) is 4.74 Å². The van der Waals surface area contributed by atoms with Gasteiger partial charge in [-0.1, -0.05) is 11.3 Å². The van der Waals surface area contributed by atoms with Crippen LogP contribution in [-0.4, -0.2) is 50.2 Å². The molecule has 9 heteroatoms. The van der Waals surface area contributed by atoms with E-state index >= 15 is 0 Å². The summed E-state index contributed by atoms with van der Waals surface area (Å²) in [6.07, 6.45) is 5.67. The molecule has 1 unspecified atom stereocenters. The third-order valence-electron chi connectivity index (χ3n) is 4.53. The number of imidazole rings is 1. The summed E-state index contributed by atoms with van der Waals surface area (Å²) in [5.41, 5.74) is 1.67. The van der Waals surface area contributed by atoms with Gasteiger partial charge in [0, 0.05) is 31.0 Å². The van der Waals surface area contributed by atoms with Crippen molar-refractivity contribution in [1.29, 1.82) is 0 Å². The quantitative estimate of drug-likeness (QED) is 0.541. The molecule has 4 heterocycles. The van der Waals surface area contributed by atoms with Crippen LogP contribution in [0.25, 0.3) is 16.2 Å². The first-order chi connectivity index (χ1) is 13.2. The molecule has 1 aliphatic heterocycles. The lowest BCUT2D eigenvalue weighted by Crippen LogP contribution is -2.44. The normalized spacial score (nSPS) is 17.7. The van der Waals surface area contributed by atoms with Gasteiger partial charge in [-0.25, -0.2) is 13.9 Å². The first-order valence-corrected chi connectivity index (χ1v) is 9.52. The highest BCUT2D eigenvalue weighted by Gasteiger charge is 2.24. The van der Waals surface area contributed by atoms with Crippen molar-refractivity contribution < 1.29 is 9.13 Å². The second-order valence-corrected chi connectivity index (χ2v) is 7.35. The van der Waals surface area contributed by atoms with Gasteiger partial charge in [-0.15, -0.1) is 5.10 Å². The summed E-state index contributed by atoms with van der Waals surface area (Å²) in [6.45, 7) is 2.95. The molecule has 0 amide bonds. The molecule has 1 aliphatic rings. The molecule has 0 spiro atoms. The highest BCUT2D eigenvalue weighted by Crippen LogP contribution is 2.28. The highest BCUT2D eigenvalue weighted by atomic mass is 32.1. The van der Waals surface area contributed by atoms with Crippen LogP contribution < -0.4 is 4.90 Å². The Balaban J connectivity index is 1.34. The second-order valence-electron chi connectivity index (χ2n) is 6.41. The molecule has 1 aromatic carbocycles. The monoisotopic (exact) mass is 384 g/mol. The van der Waals surface area contributed by atoms with E-state index in [0.29, 0.717) is 6.61 Å². The molecule has 1 saturated heterocycles. The van der Waals surface area contributed by atoms with Crippen LogP contribution in [0.1, 0.15) is 0 Å². The molecule has 1 atom stereocenters. The van der Waals surface area contributed by atoms with Crippen molar-refractivity contribution in [2.75, 3.05) is 24.6 Å². The van der Waals surface area contributed by atoms with E-state index < -0.39 is 0 Å². The molecule has 0 radical (unpaired) electrons. The van der Waals surface area contributed by atoms with E-state index in [-0.39, 0.29) is 11.9 Å². The Morgan fingerprint density at radius 1 is 1.26 bits per heavy atom. The van der Waals surface area contributed by atoms with Crippen LogP contribution in [0.15, 0.2) is 48.9 Å². The Labute approximate surface area is 158 Å². The highest BCUT2D eigenvalue weighted by molar-refractivity contribution is 7.20.